The van der Waals surface area contributed by atoms with Gasteiger partial charge in [0, 0.05) is 54.7 Å². The van der Waals surface area contributed by atoms with Crippen LogP contribution in [0.2, 0.25) is 0 Å². The quantitative estimate of drug-likeness (QED) is 0.152. The lowest BCUT2D eigenvalue weighted by atomic mass is 9.95. The van der Waals surface area contributed by atoms with Crippen LogP contribution in [0.5, 0.6) is 0 Å². The van der Waals surface area contributed by atoms with Crippen LogP contribution in [-0.2, 0) is 0 Å². The van der Waals surface area contributed by atoms with Gasteiger partial charge in [0.2, 0.25) is 0 Å². The SMILES string of the molecule is c1ccc(-c2ccccc2-c2nc(-c3ccccc3-n3c4ccccc4c4c(-c5cccc6c5c5ccccc5n6-c5ccccc5)cccc43)nc(-c3cccc4oc5cccc(-c6ccccc6)c5c34)n2)cc1. The number of aromatic nitrogens is 5. The minimum atomic E-state index is 0.552. The van der Waals surface area contributed by atoms with Crippen LogP contribution in [0, 0.1) is 0 Å². The monoisotopic (exact) mass is 957 g/mol. The van der Waals surface area contributed by atoms with E-state index >= 15 is 0 Å². The first-order valence-corrected chi connectivity index (χ1v) is 25.4. The van der Waals surface area contributed by atoms with Crippen LogP contribution in [0.3, 0.4) is 0 Å². The molecule has 4 aromatic heterocycles. The highest BCUT2D eigenvalue weighted by molar-refractivity contribution is 6.22. The van der Waals surface area contributed by atoms with Crippen LogP contribution in [0.15, 0.2) is 265 Å². The van der Waals surface area contributed by atoms with Crippen molar-refractivity contribution in [2.45, 2.75) is 0 Å². The van der Waals surface area contributed by atoms with E-state index in [-0.39, 0.29) is 0 Å². The molecule has 0 atom stereocenters. The Morgan fingerprint density at radius 2 is 0.653 bits per heavy atom. The van der Waals surface area contributed by atoms with Gasteiger partial charge in [0.25, 0.3) is 0 Å². The lowest BCUT2D eigenvalue weighted by Crippen LogP contribution is -2.04. The van der Waals surface area contributed by atoms with Crippen LogP contribution in [-0.4, -0.2) is 24.1 Å². The Labute approximate surface area is 431 Å². The second-order valence-corrected chi connectivity index (χ2v) is 19.0. The van der Waals surface area contributed by atoms with E-state index in [2.05, 4.69) is 240 Å². The molecule has 15 rings (SSSR count). The molecular formula is C69H43N5O. The van der Waals surface area contributed by atoms with Crippen molar-refractivity contribution in [3.63, 3.8) is 0 Å². The van der Waals surface area contributed by atoms with Crippen molar-refractivity contribution >= 4 is 65.6 Å². The average molecular weight is 958 g/mol. The van der Waals surface area contributed by atoms with E-state index in [0.29, 0.717) is 17.5 Å². The standard InChI is InChI=1S/C69H43N5O/c1-4-22-44(23-5-1)47-28-10-11-29-51(47)67-70-68(72-69(71-67)55-36-21-43-62-66(55)65-48(33-20-42-61(65)75-62)45-24-6-2-7-25-45)54-32-14-17-39-58(54)74-57-38-16-13-31-53(57)64-50(35-19-41-60(64)74)49-34-18-40-59-63(49)52-30-12-15-37-56(52)73(59)46-26-8-3-9-27-46/h1-43H. The molecule has 75 heavy (non-hydrogen) atoms. The zero-order chi connectivity index (χ0) is 49.4. The highest BCUT2D eigenvalue weighted by Gasteiger charge is 2.25. The maximum Gasteiger partial charge on any atom is 0.166 e. The maximum absolute atomic E-state index is 6.67. The van der Waals surface area contributed by atoms with E-state index < -0.39 is 0 Å². The third-order valence-electron chi connectivity index (χ3n) is 14.8. The summed E-state index contributed by atoms with van der Waals surface area (Å²) in [6.45, 7) is 0. The fourth-order valence-corrected chi connectivity index (χ4v) is 11.7. The van der Waals surface area contributed by atoms with E-state index in [0.717, 1.165) is 94.2 Å². The number of fused-ring (bicyclic) bond motifs is 9. The third kappa shape index (κ3) is 6.77. The fourth-order valence-electron chi connectivity index (χ4n) is 11.7. The van der Waals surface area contributed by atoms with Gasteiger partial charge in [0.15, 0.2) is 17.5 Å². The van der Waals surface area contributed by atoms with Crippen LogP contribution < -0.4 is 0 Å². The summed E-state index contributed by atoms with van der Waals surface area (Å²) in [7, 11) is 0. The van der Waals surface area contributed by atoms with E-state index in [1.807, 2.05) is 30.3 Å². The summed E-state index contributed by atoms with van der Waals surface area (Å²) in [6, 6.07) is 92.0. The predicted octanol–water partition coefficient (Wildman–Crippen LogP) is 18.0. The number of benzene rings is 11. The van der Waals surface area contributed by atoms with Crippen LogP contribution in [0.25, 0.3) is 144 Å². The maximum atomic E-state index is 6.67. The Kier molecular flexibility index (Phi) is 9.78. The molecule has 0 fully saturated rings. The molecule has 0 unspecified atom stereocenters. The summed E-state index contributed by atoms with van der Waals surface area (Å²) in [4.78, 5) is 16.5. The van der Waals surface area contributed by atoms with Crippen molar-refractivity contribution in [2.24, 2.45) is 0 Å². The van der Waals surface area contributed by atoms with E-state index in [1.54, 1.807) is 0 Å². The predicted molar refractivity (Wildman–Crippen MR) is 308 cm³/mol. The number of hydrogen-bond acceptors (Lipinski definition) is 4. The van der Waals surface area contributed by atoms with Crippen molar-refractivity contribution < 1.29 is 4.42 Å². The topological polar surface area (TPSA) is 61.7 Å². The zero-order valence-corrected chi connectivity index (χ0v) is 40.5. The summed E-state index contributed by atoms with van der Waals surface area (Å²) in [5, 5.41) is 6.74. The molecule has 350 valence electrons. The van der Waals surface area contributed by atoms with Crippen molar-refractivity contribution in [3.05, 3.63) is 261 Å². The van der Waals surface area contributed by atoms with E-state index in [9.17, 15) is 0 Å². The molecule has 0 aliphatic rings. The van der Waals surface area contributed by atoms with Gasteiger partial charge in [0.1, 0.15) is 11.2 Å². The zero-order valence-electron chi connectivity index (χ0n) is 40.5. The number of hydrogen-bond donors (Lipinski definition) is 0. The molecule has 0 spiro atoms. The molecule has 11 aromatic carbocycles. The summed E-state index contributed by atoms with van der Waals surface area (Å²) in [6.07, 6.45) is 0. The minimum absolute atomic E-state index is 0.552. The van der Waals surface area contributed by atoms with Gasteiger partial charge in [0.05, 0.1) is 27.8 Å². The molecule has 6 heteroatoms. The largest absolute Gasteiger partial charge is 0.456 e. The molecule has 6 nitrogen and oxygen atoms in total. The molecule has 0 aliphatic carbocycles. The van der Waals surface area contributed by atoms with Gasteiger partial charge in [-0.3, -0.25) is 0 Å². The fraction of sp³-hybridized carbons (Fsp3) is 0. The van der Waals surface area contributed by atoms with Crippen LogP contribution in [0.4, 0.5) is 0 Å². The summed E-state index contributed by atoms with van der Waals surface area (Å²) in [5.74, 6) is 1.68. The number of rotatable bonds is 8. The molecule has 0 amide bonds. The third-order valence-corrected chi connectivity index (χ3v) is 14.8. The number of nitrogens with zero attached hydrogens (tertiary/aromatic N) is 5. The van der Waals surface area contributed by atoms with Crippen molar-refractivity contribution in [2.75, 3.05) is 0 Å². The molecular weight excluding hydrogens is 915 g/mol. The summed E-state index contributed by atoms with van der Waals surface area (Å²) < 4.78 is 11.5. The van der Waals surface area contributed by atoms with Gasteiger partial charge < -0.3 is 13.6 Å². The van der Waals surface area contributed by atoms with E-state index in [4.69, 9.17) is 19.4 Å². The molecule has 4 heterocycles. The van der Waals surface area contributed by atoms with Gasteiger partial charge in [-0.25, -0.2) is 15.0 Å². The van der Waals surface area contributed by atoms with Gasteiger partial charge in [-0.15, -0.1) is 0 Å². The van der Waals surface area contributed by atoms with Crippen molar-refractivity contribution in [1.82, 2.24) is 24.1 Å². The van der Waals surface area contributed by atoms with Crippen molar-refractivity contribution in [3.8, 4) is 78.9 Å². The lowest BCUT2D eigenvalue weighted by molar-refractivity contribution is 0.669. The highest BCUT2D eigenvalue weighted by Crippen LogP contribution is 2.46. The first kappa shape index (κ1) is 42.5. The van der Waals surface area contributed by atoms with Crippen molar-refractivity contribution in [1.29, 1.82) is 0 Å². The van der Waals surface area contributed by atoms with Crippen LogP contribution >= 0.6 is 0 Å². The van der Waals surface area contributed by atoms with Gasteiger partial charge in [-0.2, -0.15) is 0 Å². The average Bonchev–Trinajstić information content (AvgIpc) is 4.23. The minimum Gasteiger partial charge on any atom is -0.456 e. The molecule has 15 aromatic rings. The smallest absolute Gasteiger partial charge is 0.166 e. The first-order valence-electron chi connectivity index (χ1n) is 25.4. The molecule has 0 saturated carbocycles. The van der Waals surface area contributed by atoms with Gasteiger partial charge in [-0.05, 0) is 94.0 Å². The van der Waals surface area contributed by atoms with E-state index in [1.165, 1.54) is 32.8 Å². The Balaban J connectivity index is 0.988. The molecule has 0 radical (unpaired) electrons. The Hall–Kier alpha value is -10.2. The normalized spacial score (nSPS) is 11.7. The summed E-state index contributed by atoms with van der Waals surface area (Å²) in [5.41, 5.74) is 17.4. The Morgan fingerprint density at radius 1 is 0.253 bits per heavy atom. The highest BCUT2D eigenvalue weighted by atomic mass is 16.3. The first-order chi connectivity index (χ1) is 37.2. The second kappa shape index (κ2) is 17.3. The van der Waals surface area contributed by atoms with Gasteiger partial charge >= 0.3 is 0 Å². The Morgan fingerprint density at radius 3 is 1.29 bits per heavy atom. The van der Waals surface area contributed by atoms with Gasteiger partial charge in [-0.1, -0.05) is 200 Å². The number of furan rings is 1. The molecule has 0 aliphatic heterocycles. The molecule has 0 saturated heterocycles. The summed E-state index contributed by atoms with van der Waals surface area (Å²) >= 11 is 0. The van der Waals surface area contributed by atoms with Crippen LogP contribution in [0.1, 0.15) is 0 Å². The lowest BCUT2D eigenvalue weighted by Gasteiger charge is -2.16. The molecule has 0 bridgehead atoms. The number of para-hydroxylation sites is 4. The Bertz CT molecular complexity index is 4700. The molecule has 0 N–H and O–H groups in total. The second-order valence-electron chi connectivity index (χ2n) is 19.0.